The molecule has 62 heavy (non-hydrogen) atoms. The maximum Gasteiger partial charge on any atom is 0.293 e. The second-order valence-electron chi connectivity index (χ2n) is 15.6. The van der Waals surface area contributed by atoms with Crippen molar-refractivity contribution in [3.63, 3.8) is 0 Å². The third kappa shape index (κ3) is 10.8. The summed E-state index contributed by atoms with van der Waals surface area (Å²) in [6, 6.07) is 34.2. The lowest BCUT2D eigenvalue weighted by Crippen LogP contribution is -2.46. The van der Waals surface area contributed by atoms with Crippen LogP contribution in [-0.2, 0) is 21.3 Å². The molecule has 322 valence electrons. The van der Waals surface area contributed by atoms with Crippen molar-refractivity contribution in [1.82, 2.24) is 19.8 Å². The van der Waals surface area contributed by atoms with Gasteiger partial charge in [-0.3, -0.25) is 24.6 Å². The van der Waals surface area contributed by atoms with Crippen LogP contribution in [0.4, 0.5) is 22.9 Å². The summed E-state index contributed by atoms with van der Waals surface area (Å²) < 4.78 is 35.8. The number of aromatic nitrogens is 2. The molecule has 0 bridgehead atoms. The van der Waals surface area contributed by atoms with Crippen LogP contribution in [0.15, 0.2) is 125 Å². The minimum atomic E-state index is -4.28. The number of nitro benzene ring substituents is 1. The first-order valence-electron chi connectivity index (χ1n) is 20.7. The lowest BCUT2D eigenvalue weighted by atomic mass is 9.99. The minimum Gasteiger partial charge on any atom is -0.379 e. The van der Waals surface area contributed by atoms with Gasteiger partial charge in [-0.2, -0.15) is 0 Å². The normalized spacial score (nSPS) is 15.7. The van der Waals surface area contributed by atoms with Crippen molar-refractivity contribution in [2.75, 3.05) is 79.7 Å². The number of sulfonamides is 1. The fraction of sp³-hybridized carbons (Fsp3) is 0.304. The van der Waals surface area contributed by atoms with Crippen LogP contribution in [0.3, 0.4) is 0 Å². The molecule has 0 aliphatic carbocycles. The smallest absolute Gasteiger partial charge is 0.293 e. The number of morpholine rings is 1. The second kappa shape index (κ2) is 19.8. The Morgan fingerprint density at radius 2 is 1.63 bits per heavy atom. The number of ether oxygens (including phenoxy) is 1. The van der Waals surface area contributed by atoms with Crippen LogP contribution >= 0.6 is 23.4 Å². The van der Waals surface area contributed by atoms with Gasteiger partial charge in [0, 0.05) is 91.2 Å². The number of nitrogens with one attached hydrogen (secondary N) is 2. The highest BCUT2D eigenvalue weighted by Crippen LogP contribution is 2.33. The van der Waals surface area contributed by atoms with Crippen LogP contribution in [0.5, 0.6) is 0 Å². The molecule has 16 heteroatoms. The zero-order chi connectivity index (χ0) is 43.1. The standard InChI is InChI=1S/C46H49ClN8O5S2/c1-33-6-13-39(14-7-33)61-31-37(18-19-52-24-26-60-27-25-52)50-43-17-15-40(29-45(43)55(56)57)62(58,59)51-46-42-16-12-38(28-44(42)48-32-49-46)54-22-20-53(21-23-54)30-35-4-2-3-5-41(35)34-8-10-36(47)11-9-34/h2-17,28-29,32,37,50H,18-27,30-31H2,1H3,(H,48,49,51). The first-order valence-corrected chi connectivity index (χ1v) is 23.6. The fourth-order valence-electron chi connectivity index (χ4n) is 7.85. The molecule has 2 fully saturated rings. The second-order valence-corrected chi connectivity index (χ2v) is 18.8. The van der Waals surface area contributed by atoms with E-state index < -0.39 is 14.9 Å². The number of hydrogen-bond donors (Lipinski definition) is 2. The molecule has 0 amide bonds. The predicted molar refractivity (Wildman–Crippen MR) is 249 cm³/mol. The molecule has 3 heterocycles. The third-order valence-corrected chi connectivity index (χ3v) is 14.1. The van der Waals surface area contributed by atoms with Crippen LogP contribution < -0.4 is 14.9 Å². The summed E-state index contributed by atoms with van der Waals surface area (Å²) in [6.45, 7) is 10.0. The van der Waals surface area contributed by atoms with Crippen LogP contribution in [0, 0.1) is 17.0 Å². The molecule has 1 unspecified atom stereocenters. The van der Waals surface area contributed by atoms with Gasteiger partial charge in [0.15, 0.2) is 5.82 Å². The Labute approximate surface area is 371 Å². The average molecular weight is 894 g/mol. The Balaban J connectivity index is 0.935. The Bertz CT molecular complexity index is 2610. The molecule has 6 aromatic rings. The summed E-state index contributed by atoms with van der Waals surface area (Å²) in [7, 11) is -4.28. The number of thioether (sulfide) groups is 1. The molecular weight excluding hydrogens is 844 g/mol. The lowest BCUT2D eigenvalue weighted by molar-refractivity contribution is -0.384. The quantitative estimate of drug-likeness (QED) is 0.0545. The molecule has 0 radical (unpaired) electrons. The summed E-state index contributed by atoms with van der Waals surface area (Å²) in [4.78, 5) is 28.6. The first-order chi connectivity index (χ1) is 30.1. The maximum absolute atomic E-state index is 13.9. The van der Waals surface area contributed by atoms with E-state index in [-0.39, 0.29) is 28.1 Å². The van der Waals surface area contributed by atoms with Crippen molar-refractivity contribution in [2.24, 2.45) is 0 Å². The number of nitrogens with zero attached hydrogens (tertiary/aromatic N) is 6. The van der Waals surface area contributed by atoms with Crippen molar-refractivity contribution in [3.05, 3.63) is 142 Å². The van der Waals surface area contributed by atoms with Gasteiger partial charge in [-0.1, -0.05) is 65.7 Å². The number of hydrogen-bond acceptors (Lipinski definition) is 12. The van der Waals surface area contributed by atoms with Crippen molar-refractivity contribution < 1.29 is 18.1 Å². The molecule has 2 saturated heterocycles. The zero-order valence-corrected chi connectivity index (χ0v) is 36.8. The van der Waals surface area contributed by atoms with Crippen LogP contribution in [0.25, 0.3) is 22.0 Å². The molecule has 5 aromatic carbocycles. The van der Waals surface area contributed by atoms with E-state index >= 15 is 0 Å². The van der Waals surface area contributed by atoms with Crippen LogP contribution in [0.2, 0.25) is 5.02 Å². The van der Waals surface area contributed by atoms with Crippen molar-refractivity contribution in [1.29, 1.82) is 0 Å². The average Bonchev–Trinajstić information content (AvgIpc) is 3.29. The topological polar surface area (TPSA) is 146 Å². The molecule has 1 aromatic heterocycles. The third-order valence-electron chi connectivity index (χ3n) is 11.4. The summed E-state index contributed by atoms with van der Waals surface area (Å²) >= 11 is 7.82. The van der Waals surface area contributed by atoms with E-state index in [1.54, 1.807) is 11.8 Å². The van der Waals surface area contributed by atoms with Gasteiger partial charge < -0.3 is 15.0 Å². The predicted octanol–water partition coefficient (Wildman–Crippen LogP) is 8.58. The first kappa shape index (κ1) is 43.4. The van der Waals surface area contributed by atoms with Crippen molar-refractivity contribution >= 4 is 67.2 Å². The molecule has 13 nitrogen and oxygen atoms in total. The van der Waals surface area contributed by atoms with Crippen molar-refractivity contribution in [3.8, 4) is 11.1 Å². The Hall–Kier alpha value is -5.29. The highest BCUT2D eigenvalue weighted by molar-refractivity contribution is 7.99. The molecule has 1 atom stereocenters. The summed E-state index contributed by atoms with van der Waals surface area (Å²) in [5.41, 5.74) is 6.25. The van der Waals surface area contributed by atoms with E-state index in [4.69, 9.17) is 16.3 Å². The number of fused-ring (bicyclic) bond motifs is 1. The molecule has 2 aliphatic rings. The molecular formula is C46H49ClN8O5S2. The molecule has 0 spiro atoms. The van der Waals surface area contributed by atoms with Crippen LogP contribution in [0.1, 0.15) is 17.5 Å². The molecule has 2 N–H and O–H groups in total. The minimum absolute atomic E-state index is 0.0897. The van der Waals surface area contributed by atoms with E-state index in [0.717, 1.165) is 81.0 Å². The van der Waals surface area contributed by atoms with Gasteiger partial charge in [-0.05, 0) is 84.6 Å². The number of nitro groups is 1. The Morgan fingerprint density at radius 1 is 0.871 bits per heavy atom. The zero-order valence-electron chi connectivity index (χ0n) is 34.5. The van der Waals surface area contributed by atoms with E-state index in [1.807, 2.05) is 37.3 Å². The Morgan fingerprint density at radius 3 is 2.39 bits per heavy atom. The van der Waals surface area contributed by atoms with E-state index in [2.05, 4.69) is 95.4 Å². The largest absolute Gasteiger partial charge is 0.379 e. The van der Waals surface area contributed by atoms with Gasteiger partial charge >= 0.3 is 0 Å². The van der Waals surface area contributed by atoms with Crippen LogP contribution in [-0.4, -0.2) is 104 Å². The van der Waals surface area contributed by atoms with Gasteiger partial charge in [0.05, 0.1) is 28.5 Å². The lowest BCUT2D eigenvalue weighted by Gasteiger charge is -2.36. The van der Waals surface area contributed by atoms with Gasteiger partial charge in [-0.15, -0.1) is 11.8 Å². The number of halogens is 1. The summed E-state index contributed by atoms with van der Waals surface area (Å²) in [5.74, 6) is 0.748. The number of rotatable bonds is 16. The highest BCUT2D eigenvalue weighted by Gasteiger charge is 2.26. The van der Waals surface area contributed by atoms with Crippen molar-refractivity contribution in [2.45, 2.75) is 35.7 Å². The summed E-state index contributed by atoms with van der Waals surface area (Å²) in [5, 5.41) is 17.1. The number of benzene rings is 5. The molecule has 0 saturated carbocycles. The van der Waals surface area contributed by atoms with E-state index in [1.165, 1.54) is 35.2 Å². The molecule has 8 rings (SSSR count). The Kier molecular flexibility index (Phi) is 13.9. The fourth-order valence-corrected chi connectivity index (χ4v) is 9.99. The monoisotopic (exact) mass is 892 g/mol. The van der Waals surface area contributed by atoms with E-state index in [9.17, 15) is 18.5 Å². The molecule has 2 aliphatic heterocycles. The van der Waals surface area contributed by atoms with Gasteiger partial charge in [0.2, 0.25) is 0 Å². The summed E-state index contributed by atoms with van der Waals surface area (Å²) in [6.07, 6.45) is 2.05. The van der Waals surface area contributed by atoms with Gasteiger partial charge in [0.25, 0.3) is 15.7 Å². The maximum atomic E-state index is 13.9. The van der Waals surface area contributed by atoms with Gasteiger partial charge in [-0.25, -0.2) is 18.4 Å². The SMILES string of the molecule is Cc1ccc(SCC(CCN2CCOCC2)Nc2ccc(S(=O)(=O)Nc3ncnc4cc(N5CCN(Cc6ccccc6-c6ccc(Cl)cc6)CC5)ccc34)cc2[N+](=O)[O-])cc1. The number of aryl methyl sites for hydroxylation is 1. The van der Waals surface area contributed by atoms with Gasteiger partial charge in [0.1, 0.15) is 12.0 Å². The highest BCUT2D eigenvalue weighted by atomic mass is 35.5. The number of piperazine rings is 1. The number of anilines is 3. The van der Waals surface area contributed by atoms with E-state index in [0.29, 0.717) is 34.9 Å².